The van der Waals surface area contributed by atoms with Crippen molar-refractivity contribution >= 4 is 11.6 Å². The number of nitrogens with two attached hydrogens (primary N) is 1. The molecule has 1 aromatic carbocycles. The van der Waals surface area contributed by atoms with Crippen molar-refractivity contribution in [1.29, 1.82) is 0 Å². The summed E-state index contributed by atoms with van der Waals surface area (Å²) in [5.41, 5.74) is 3.76. The number of anilines is 1. The summed E-state index contributed by atoms with van der Waals surface area (Å²) in [5, 5.41) is 3.15. The van der Waals surface area contributed by atoms with E-state index in [1.165, 1.54) is 19.3 Å². The summed E-state index contributed by atoms with van der Waals surface area (Å²) in [6.07, 6.45) is 5.75. The second kappa shape index (κ2) is 5.40. The maximum atomic E-state index is 12.3. The lowest BCUT2D eigenvalue weighted by molar-refractivity contribution is 0.0883. The molecule has 4 heteroatoms. The van der Waals surface area contributed by atoms with Gasteiger partial charge in [-0.1, -0.05) is 31.4 Å². The van der Waals surface area contributed by atoms with Crippen LogP contribution in [0, 0.1) is 0 Å². The molecular formula is C14H21N3O. The summed E-state index contributed by atoms with van der Waals surface area (Å²) < 4.78 is 0. The predicted molar refractivity (Wildman–Crippen MR) is 73.2 cm³/mol. The van der Waals surface area contributed by atoms with Gasteiger partial charge < -0.3 is 10.7 Å². The van der Waals surface area contributed by atoms with Gasteiger partial charge in [-0.25, -0.2) is 0 Å². The lowest BCUT2D eigenvalue weighted by atomic mass is 9.83. The predicted octanol–water partition coefficient (Wildman–Crippen LogP) is 2.42. The fraction of sp³-hybridized carbons (Fsp3) is 0.500. The van der Waals surface area contributed by atoms with Crippen LogP contribution >= 0.6 is 0 Å². The van der Waals surface area contributed by atoms with Crippen molar-refractivity contribution in [1.82, 2.24) is 5.32 Å². The Labute approximate surface area is 108 Å². The number of hydrogen-bond donors (Lipinski definition) is 3. The lowest BCUT2D eigenvalue weighted by Gasteiger charge is -2.34. The molecule has 0 spiro atoms. The van der Waals surface area contributed by atoms with Gasteiger partial charge in [-0.3, -0.25) is 10.6 Å². The van der Waals surface area contributed by atoms with Crippen LogP contribution in [-0.2, 0) is 0 Å². The molecule has 98 valence electrons. The molecular weight excluding hydrogens is 226 g/mol. The molecule has 1 aliphatic rings. The highest BCUT2D eigenvalue weighted by Crippen LogP contribution is 2.28. The van der Waals surface area contributed by atoms with Crippen LogP contribution < -0.4 is 16.6 Å². The number of hydrogen-bond acceptors (Lipinski definition) is 3. The minimum Gasteiger partial charge on any atom is -0.347 e. The number of carbonyl (C=O) groups is 1. The molecule has 0 radical (unpaired) electrons. The Hall–Kier alpha value is -1.55. The molecule has 0 saturated heterocycles. The fourth-order valence-electron chi connectivity index (χ4n) is 2.61. The maximum Gasteiger partial charge on any atom is 0.253 e. The van der Waals surface area contributed by atoms with Crippen LogP contribution in [0.25, 0.3) is 0 Å². The van der Waals surface area contributed by atoms with Crippen LogP contribution in [0.2, 0.25) is 0 Å². The van der Waals surface area contributed by atoms with Crippen LogP contribution in [0.5, 0.6) is 0 Å². The summed E-state index contributed by atoms with van der Waals surface area (Å²) in [6.45, 7) is 2.13. The molecule has 0 aliphatic heterocycles. The third kappa shape index (κ3) is 2.82. The highest BCUT2D eigenvalue weighted by molar-refractivity contribution is 5.99. The van der Waals surface area contributed by atoms with Gasteiger partial charge in [0.2, 0.25) is 0 Å². The van der Waals surface area contributed by atoms with Crippen molar-refractivity contribution in [2.75, 3.05) is 5.43 Å². The minimum absolute atomic E-state index is 0.0482. The smallest absolute Gasteiger partial charge is 0.253 e. The summed E-state index contributed by atoms with van der Waals surface area (Å²) >= 11 is 0. The van der Waals surface area contributed by atoms with E-state index in [0.717, 1.165) is 12.8 Å². The molecule has 4 N–H and O–H groups in total. The second-order valence-electron chi connectivity index (χ2n) is 5.27. The quantitative estimate of drug-likeness (QED) is 0.567. The van der Waals surface area contributed by atoms with Crippen molar-refractivity contribution in [3.63, 3.8) is 0 Å². The standard InChI is InChI=1S/C14H21N3O/c1-14(9-5-2-6-10-14)16-13(18)11-7-3-4-8-12(11)17-15/h3-4,7-8,17H,2,5-6,9-10,15H2,1H3,(H,16,18). The number of rotatable bonds is 3. The summed E-state index contributed by atoms with van der Waals surface area (Å²) in [7, 11) is 0. The molecule has 1 aromatic rings. The van der Waals surface area contributed by atoms with E-state index in [-0.39, 0.29) is 11.4 Å². The molecule has 18 heavy (non-hydrogen) atoms. The third-order valence-electron chi connectivity index (χ3n) is 3.70. The molecule has 1 aliphatic carbocycles. The van der Waals surface area contributed by atoms with Crippen molar-refractivity contribution in [3.05, 3.63) is 29.8 Å². The van der Waals surface area contributed by atoms with E-state index >= 15 is 0 Å². The first-order valence-corrected chi connectivity index (χ1v) is 6.53. The zero-order chi connectivity index (χ0) is 13.0. The monoisotopic (exact) mass is 247 g/mol. The van der Waals surface area contributed by atoms with E-state index in [1.54, 1.807) is 12.1 Å². The number of para-hydroxylation sites is 1. The Morgan fingerprint density at radius 2 is 1.89 bits per heavy atom. The fourth-order valence-corrected chi connectivity index (χ4v) is 2.61. The van der Waals surface area contributed by atoms with E-state index in [4.69, 9.17) is 5.84 Å². The molecule has 0 aromatic heterocycles. The highest BCUT2D eigenvalue weighted by atomic mass is 16.1. The van der Waals surface area contributed by atoms with Crippen LogP contribution in [0.1, 0.15) is 49.4 Å². The van der Waals surface area contributed by atoms with Crippen LogP contribution in [-0.4, -0.2) is 11.4 Å². The van der Waals surface area contributed by atoms with Gasteiger partial charge in [0, 0.05) is 5.54 Å². The van der Waals surface area contributed by atoms with Gasteiger partial charge in [-0.05, 0) is 31.9 Å². The molecule has 1 saturated carbocycles. The molecule has 0 unspecified atom stereocenters. The largest absolute Gasteiger partial charge is 0.347 e. The molecule has 1 fully saturated rings. The van der Waals surface area contributed by atoms with Crippen molar-refractivity contribution < 1.29 is 4.79 Å². The van der Waals surface area contributed by atoms with Gasteiger partial charge in [0.1, 0.15) is 0 Å². The Bertz CT molecular complexity index is 425. The normalized spacial score (nSPS) is 18.1. The van der Waals surface area contributed by atoms with Gasteiger partial charge in [-0.2, -0.15) is 0 Å². The maximum absolute atomic E-state index is 12.3. The average Bonchev–Trinajstić information content (AvgIpc) is 2.39. The van der Waals surface area contributed by atoms with Gasteiger partial charge in [0.05, 0.1) is 11.3 Å². The molecule has 2 rings (SSSR count). The molecule has 4 nitrogen and oxygen atoms in total. The number of carbonyl (C=O) groups excluding carboxylic acids is 1. The topological polar surface area (TPSA) is 67.2 Å². The molecule has 0 heterocycles. The first-order valence-electron chi connectivity index (χ1n) is 6.53. The summed E-state index contributed by atoms with van der Waals surface area (Å²) in [5.74, 6) is 5.38. The van der Waals surface area contributed by atoms with Crippen LogP contribution in [0.15, 0.2) is 24.3 Å². The van der Waals surface area contributed by atoms with Crippen LogP contribution in [0.4, 0.5) is 5.69 Å². The Morgan fingerprint density at radius 1 is 1.22 bits per heavy atom. The zero-order valence-corrected chi connectivity index (χ0v) is 10.8. The van der Waals surface area contributed by atoms with Gasteiger partial charge in [0.15, 0.2) is 0 Å². The van der Waals surface area contributed by atoms with E-state index in [0.29, 0.717) is 11.3 Å². The number of nitrogen functional groups attached to an aromatic ring is 1. The van der Waals surface area contributed by atoms with Gasteiger partial charge in [-0.15, -0.1) is 0 Å². The second-order valence-corrected chi connectivity index (χ2v) is 5.27. The highest BCUT2D eigenvalue weighted by Gasteiger charge is 2.29. The number of amides is 1. The van der Waals surface area contributed by atoms with Gasteiger partial charge >= 0.3 is 0 Å². The Balaban J connectivity index is 2.11. The van der Waals surface area contributed by atoms with E-state index in [2.05, 4.69) is 17.7 Å². The number of hydrazine groups is 1. The van der Waals surface area contributed by atoms with Crippen molar-refractivity contribution in [2.45, 2.75) is 44.6 Å². The van der Waals surface area contributed by atoms with Crippen molar-refractivity contribution in [2.24, 2.45) is 5.84 Å². The Morgan fingerprint density at radius 3 is 2.56 bits per heavy atom. The lowest BCUT2D eigenvalue weighted by Crippen LogP contribution is -2.47. The van der Waals surface area contributed by atoms with E-state index in [1.807, 2.05) is 12.1 Å². The molecule has 1 amide bonds. The minimum atomic E-state index is -0.0724. The molecule has 0 atom stereocenters. The van der Waals surface area contributed by atoms with E-state index in [9.17, 15) is 4.79 Å². The SMILES string of the molecule is CC1(NC(=O)c2ccccc2NN)CCCCC1. The summed E-state index contributed by atoms with van der Waals surface area (Å²) in [4.78, 5) is 12.3. The van der Waals surface area contributed by atoms with Crippen LogP contribution in [0.3, 0.4) is 0 Å². The number of benzene rings is 1. The number of nitrogens with one attached hydrogen (secondary N) is 2. The van der Waals surface area contributed by atoms with Crippen molar-refractivity contribution in [3.8, 4) is 0 Å². The summed E-state index contributed by atoms with van der Waals surface area (Å²) in [6, 6.07) is 7.29. The molecule has 0 bridgehead atoms. The van der Waals surface area contributed by atoms with Gasteiger partial charge in [0.25, 0.3) is 5.91 Å². The first-order chi connectivity index (χ1) is 8.64. The zero-order valence-electron chi connectivity index (χ0n) is 10.8. The first kappa shape index (κ1) is 12.9. The third-order valence-corrected chi connectivity index (χ3v) is 3.70. The average molecular weight is 247 g/mol. The van der Waals surface area contributed by atoms with E-state index < -0.39 is 0 Å². The Kier molecular flexibility index (Phi) is 3.87.